The van der Waals surface area contributed by atoms with Gasteiger partial charge in [0.05, 0.1) is 0 Å². The van der Waals surface area contributed by atoms with Gasteiger partial charge >= 0.3 is 0 Å². The highest BCUT2D eigenvalue weighted by Crippen LogP contribution is 2.21. The van der Waals surface area contributed by atoms with Gasteiger partial charge in [-0.1, -0.05) is 0 Å². The molecule has 6 nitrogen and oxygen atoms in total. The van der Waals surface area contributed by atoms with Crippen LogP contribution in [0.15, 0.2) is 35.0 Å². The summed E-state index contributed by atoms with van der Waals surface area (Å²) in [6.45, 7) is 4.82. The first kappa shape index (κ1) is 12.7. The molecule has 20 heavy (non-hydrogen) atoms. The fourth-order valence-electron chi connectivity index (χ4n) is 2.27. The Morgan fingerprint density at radius 3 is 2.35 bits per heavy atom. The summed E-state index contributed by atoms with van der Waals surface area (Å²) >= 11 is 0. The summed E-state index contributed by atoms with van der Waals surface area (Å²) in [5, 5.41) is 0. The first-order valence-electron chi connectivity index (χ1n) is 6.62. The second-order valence-corrected chi connectivity index (χ2v) is 4.72. The molecule has 2 aromatic heterocycles. The lowest BCUT2D eigenvalue weighted by Crippen LogP contribution is -2.47. The van der Waals surface area contributed by atoms with Crippen molar-refractivity contribution < 1.29 is 9.21 Å². The highest BCUT2D eigenvalue weighted by Gasteiger charge is 2.21. The highest BCUT2D eigenvalue weighted by atomic mass is 16.4. The Bertz CT molecular complexity index is 588. The molecule has 3 heterocycles. The lowest BCUT2D eigenvalue weighted by molar-refractivity contribution is 0.0987. The van der Waals surface area contributed by atoms with Gasteiger partial charge in [-0.25, -0.2) is 9.97 Å². The van der Waals surface area contributed by atoms with Crippen LogP contribution in [-0.2, 0) is 0 Å². The highest BCUT2D eigenvalue weighted by molar-refractivity contribution is 5.91. The van der Waals surface area contributed by atoms with Crippen molar-refractivity contribution in [2.45, 2.75) is 6.92 Å². The van der Waals surface area contributed by atoms with E-state index in [-0.39, 0.29) is 5.78 Å². The summed E-state index contributed by atoms with van der Waals surface area (Å²) in [5.41, 5.74) is 0. The molecule has 1 aliphatic rings. The number of aromatic nitrogens is 2. The van der Waals surface area contributed by atoms with Crippen LogP contribution in [0.1, 0.15) is 17.5 Å². The molecule has 0 spiro atoms. The maximum Gasteiger partial charge on any atom is 0.225 e. The smallest absolute Gasteiger partial charge is 0.225 e. The molecule has 1 fully saturated rings. The Kier molecular flexibility index (Phi) is 3.37. The fraction of sp³-hybridized carbons (Fsp3) is 0.357. The molecule has 0 unspecified atom stereocenters. The molecular weight excluding hydrogens is 256 g/mol. The number of rotatable bonds is 3. The van der Waals surface area contributed by atoms with Crippen molar-refractivity contribution >= 4 is 17.6 Å². The van der Waals surface area contributed by atoms with Crippen molar-refractivity contribution in [1.82, 2.24) is 9.97 Å². The third kappa shape index (κ3) is 2.49. The number of piperazine rings is 1. The van der Waals surface area contributed by atoms with E-state index in [1.807, 2.05) is 12.1 Å². The largest absolute Gasteiger partial charge is 0.437 e. The Morgan fingerprint density at radius 2 is 1.75 bits per heavy atom. The lowest BCUT2D eigenvalue weighted by Gasteiger charge is -2.34. The van der Waals surface area contributed by atoms with Crippen LogP contribution >= 0.6 is 0 Å². The first-order valence-corrected chi connectivity index (χ1v) is 6.62. The minimum absolute atomic E-state index is 0.0485. The molecule has 104 valence electrons. The van der Waals surface area contributed by atoms with Gasteiger partial charge in [-0.3, -0.25) is 4.79 Å². The van der Waals surface area contributed by atoms with E-state index < -0.39 is 0 Å². The summed E-state index contributed by atoms with van der Waals surface area (Å²) in [4.78, 5) is 24.0. The summed E-state index contributed by atoms with van der Waals surface area (Å²) in [6.07, 6.45) is 3.50. The molecule has 2 aromatic rings. The van der Waals surface area contributed by atoms with Gasteiger partial charge in [-0.15, -0.1) is 0 Å². The maximum absolute atomic E-state index is 11.2. The molecule has 0 saturated carbocycles. The molecule has 0 atom stereocenters. The average molecular weight is 272 g/mol. The summed E-state index contributed by atoms with van der Waals surface area (Å²) in [6, 6.07) is 5.39. The SMILES string of the molecule is CC(=O)c1ccc(N2CCN(c3ncccn3)CC2)o1. The first-order chi connectivity index (χ1) is 9.74. The topological polar surface area (TPSA) is 62.5 Å². The minimum atomic E-state index is -0.0485. The second kappa shape index (κ2) is 5.32. The van der Waals surface area contributed by atoms with Gasteiger partial charge in [0.1, 0.15) is 0 Å². The van der Waals surface area contributed by atoms with E-state index in [9.17, 15) is 4.79 Å². The minimum Gasteiger partial charge on any atom is -0.437 e. The number of furan rings is 1. The summed E-state index contributed by atoms with van der Waals surface area (Å²) < 4.78 is 5.55. The Balaban J connectivity index is 1.65. The van der Waals surface area contributed by atoms with Crippen LogP contribution in [-0.4, -0.2) is 41.9 Å². The van der Waals surface area contributed by atoms with Gasteiger partial charge in [0.25, 0.3) is 0 Å². The average Bonchev–Trinajstić information content (AvgIpc) is 2.98. The molecule has 0 radical (unpaired) electrons. The van der Waals surface area contributed by atoms with E-state index in [2.05, 4.69) is 19.8 Å². The number of hydrogen-bond acceptors (Lipinski definition) is 6. The normalized spacial score (nSPS) is 15.4. The second-order valence-electron chi connectivity index (χ2n) is 4.72. The number of carbonyl (C=O) groups is 1. The number of Topliss-reactive ketones (excluding diaryl/α,β-unsaturated/α-hetero) is 1. The zero-order valence-corrected chi connectivity index (χ0v) is 11.3. The number of carbonyl (C=O) groups excluding carboxylic acids is 1. The van der Waals surface area contributed by atoms with Crippen LogP contribution < -0.4 is 9.80 Å². The molecule has 3 rings (SSSR count). The monoisotopic (exact) mass is 272 g/mol. The van der Waals surface area contributed by atoms with Crippen molar-refractivity contribution in [3.8, 4) is 0 Å². The van der Waals surface area contributed by atoms with Crippen LogP contribution in [0.5, 0.6) is 0 Å². The van der Waals surface area contributed by atoms with E-state index in [0.29, 0.717) is 5.76 Å². The molecular formula is C14H16N4O2. The lowest BCUT2D eigenvalue weighted by atomic mass is 10.3. The van der Waals surface area contributed by atoms with Gasteiger partial charge in [-0.05, 0) is 12.1 Å². The van der Waals surface area contributed by atoms with E-state index in [4.69, 9.17) is 4.42 Å². The van der Waals surface area contributed by atoms with E-state index in [1.54, 1.807) is 18.5 Å². The summed E-state index contributed by atoms with van der Waals surface area (Å²) in [7, 11) is 0. The van der Waals surface area contributed by atoms with Gasteiger partial charge in [0.15, 0.2) is 17.4 Å². The van der Waals surface area contributed by atoms with E-state index in [1.165, 1.54) is 6.92 Å². The van der Waals surface area contributed by atoms with Crippen molar-refractivity contribution in [2.24, 2.45) is 0 Å². The number of anilines is 2. The molecule has 1 aliphatic heterocycles. The van der Waals surface area contributed by atoms with Crippen molar-refractivity contribution in [2.75, 3.05) is 36.0 Å². The zero-order valence-electron chi connectivity index (χ0n) is 11.3. The van der Waals surface area contributed by atoms with Gasteiger partial charge in [-0.2, -0.15) is 0 Å². The van der Waals surface area contributed by atoms with Crippen molar-refractivity contribution in [3.63, 3.8) is 0 Å². The van der Waals surface area contributed by atoms with Crippen LogP contribution in [0.4, 0.5) is 11.8 Å². The predicted octanol–water partition coefficient (Wildman–Crippen LogP) is 1.60. The Hall–Kier alpha value is -2.37. The van der Waals surface area contributed by atoms with Gasteiger partial charge < -0.3 is 14.2 Å². The molecule has 0 aromatic carbocycles. The fourth-order valence-corrected chi connectivity index (χ4v) is 2.27. The number of hydrogen-bond donors (Lipinski definition) is 0. The molecule has 0 N–H and O–H groups in total. The molecule has 0 bridgehead atoms. The summed E-state index contributed by atoms with van der Waals surface area (Å²) in [5.74, 6) is 1.88. The molecule has 0 aliphatic carbocycles. The quantitative estimate of drug-likeness (QED) is 0.791. The van der Waals surface area contributed by atoms with Crippen LogP contribution in [0.3, 0.4) is 0 Å². The maximum atomic E-state index is 11.2. The predicted molar refractivity (Wildman–Crippen MR) is 75.2 cm³/mol. The number of ketones is 1. The third-order valence-corrected chi connectivity index (χ3v) is 3.37. The van der Waals surface area contributed by atoms with Crippen LogP contribution in [0.2, 0.25) is 0 Å². The third-order valence-electron chi connectivity index (χ3n) is 3.37. The zero-order chi connectivity index (χ0) is 13.9. The van der Waals surface area contributed by atoms with E-state index in [0.717, 1.165) is 38.0 Å². The Morgan fingerprint density at radius 1 is 1.10 bits per heavy atom. The molecule has 0 amide bonds. The van der Waals surface area contributed by atoms with E-state index >= 15 is 0 Å². The van der Waals surface area contributed by atoms with Crippen LogP contribution in [0, 0.1) is 0 Å². The van der Waals surface area contributed by atoms with Gasteiger partial charge in [0, 0.05) is 51.6 Å². The number of nitrogens with zero attached hydrogens (tertiary/aromatic N) is 4. The van der Waals surface area contributed by atoms with Crippen molar-refractivity contribution in [1.29, 1.82) is 0 Å². The Labute approximate surface area is 117 Å². The van der Waals surface area contributed by atoms with Crippen LogP contribution in [0.25, 0.3) is 0 Å². The molecule has 6 heteroatoms. The molecule has 1 saturated heterocycles. The van der Waals surface area contributed by atoms with Crippen molar-refractivity contribution in [3.05, 3.63) is 36.4 Å². The van der Waals surface area contributed by atoms with Gasteiger partial charge in [0.2, 0.25) is 5.95 Å². The standard InChI is InChI=1S/C14H16N4O2/c1-11(19)12-3-4-13(20-12)17-7-9-18(10-8-17)14-15-5-2-6-16-14/h2-6H,7-10H2,1H3.